The maximum atomic E-state index is 11.7. The van der Waals surface area contributed by atoms with E-state index in [2.05, 4.69) is 20.8 Å². The smallest absolute Gasteiger partial charge is 0.256 e. The summed E-state index contributed by atoms with van der Waals surface area (Å²) in [6, 6.07) is -0.280. The Balaban J connectivity index is 1.73. The molecule has 0 saturated carbocycles. The van der Waals surface area contributed by atoms with Crippen LogP contribution < -0.4 is 10.7 Å². The van der Waals surface area contributed by atoms with Gasteiger partial charge >= 0.3 is 0 Å². The van der Waals surface area contributed by atoms with Crippen LogP contribution in [0, 0.1) is 0 Å². The van der Waals surface area contributed by atoms with Gasteiger partial charge in [0.15, 0.2) is 0 Å². The molecule has 0 saturated heterocycles. The van der Waals surface area contributed by atoms with Gasteiger partial charge in [0.2, 0.25) is 0 Å². The van der Waals surface area contributed by atoms with Crippen LogP contribution in [0.1, 0.15) is 12.6 Å². The van der Waals surface area contributed by atoms with Crippen molar-refractivity contribution in [3.05, 3.63) is 16.6 Å². The van der Waals surface area contributed by atoms with E-state index in [1.807, 2.05) is 12.3 Å². The number of hydrazone groups is 1. The minimum absolute atomic E-state index is 0.0973. The predicted molar refractivity (Wildman–Crippen MR) is 69.3 cm³/mol. The van der Waals surface area contributed by atoms with Crippen LogP contribution in [0.15, 0.2) is 16.0 Å². The highest BCUT2D eigenvalue weighted by Gasteiger charge is 2.16. The highest BCUT2D eigenvalue weighted by Crippen LogP contribution is 2.06. The molecule has 0 aromatic carbocycles. The molecule has 1 atom stereocenters. The maximum Gasteiger partial charge on any atom is 0.256 e. The summed E-state index contributed by atoms with van der Waals surface area (Å²) in [4.78, 5) is 15.9. The van der Waals surface area contributed by atoms with Gasteiger partial charge in [-0.2, -0.15) is 10.2 Å². The summed E-state index contributed by atoms with van der Waals surface area (Å²) in [6.07, 6.45) is 0. The molecule has 0 fully saturated rings. The first kappa shape index (κ1) is 12.3. The van der Waals surface area contributed by atoms with Gasteiger partial charge in [0.1, 0.15) is 5.88 Å². The molecular weight excluding hydrogens is 258 g/mol. The minimum atomic E-state index is -0.280. The lowest BCUT2D eigenvalue weighted by Crippen LogP contribution is -2.47. The number of thiazole rings is 1. The van der Waals surface area contributed by atoms with Crippen molar-refractivity contribution in [2.24, 2.45) is 5.10 Å². The second-order valence-corrected chi connectivity index (χ2v) is 5.00. The summed E-state index contributed by atoms with van der Waals surface area (Å²) in [5.74, 6) is 0.560. The second-order valence-electron chi connectivity index (χ2n) is 3.47. The van der Waals surface area contributed by atoms with E-state index in [0.717, 1.165) is 5.69 Å². The van der Waals surface area contributed by atoms with E-state index in [-0.39, 0.29) is 11.9 Å². The highest BCUT2D eigenvalue weighted by molar-refractivity contribution is 8.12. The molecule has 0 radical (unpaired) electrons. The van der Waals surface area contributed by atoms with Gasteiger partial charge in [-0.15, -0.1) is 11.3 Å². The van der Waals surface area contributed by atoms with Gasteiger partial charge in [-0.25, -0.2) is 10.4 Å². The molecule has 1 aromatic rings. The number of aromatic nitrogens is 1. The first-order chi connectivity index (χ1) is 8.25. The molecule has 2 heterocycles. The van der Waals surface area contributed by atoms with Crippen LogP contribution in [-0.4, -0.2) is 33.5 Å². The molecule has 2 rings (SSSR count). The molecule has 1 amide bonds. The van der Waals surface area contributed by atoms with Crippen molar-refractivity contribution in [3.63, 3.8) is 0 Å². The molecule has 0 aliphatic carbocycles. The van der Waals surface area contributed by atoms with Crippen LogP contribution >= 0.6 is 23.1 Å². The molecule has 1 aliphatic heterocycles. The van der Waals surface area contributed by atoms with Crippen LogP contribution in [0.4, 0.5) is 0 Å². The fourth-order valence-electron chi connectivity index (χ4n) is 1.19. The zero-order chi connectivity index (χ0) is 12.1. The van der Waals surface area contributed by atoms with Crippen LogP contribution in [-0.2, 0) is 11.3 Å². The zero-order valence-electron chi connectivity index (χ0n) is 9.29. The Morgan fingerprint density at radius 1 is 1.71 bits per heavy atom. The molecule has 0 bridgehead atoms. The lowest BCUT2D eigenvalue weighted by Gasteiger charge is -2.18. The van der Waals surface area contributed by atoms with E-state index in [0.29, 0.717) is 12.4 Å². The zero-order valence-corrected chi connectivity index (χ0v) is 10.9. The Morgan fingerprint density at radius 3 is 3.24 bits per heavy atom. The third-order valence-corrected chi connectivity index (χ3v) is 3.44. The third kappa shape index (κ3) is 3.69. The van der Waals surface area contributed by atoms with Crippen molar-refractivity contribution in [2.75, 3.05) is 5.88 Å². The number of nitrogens with zero attached hydrogens (tertiary/aromatic N) is 3. The van der Waals surface area contributed by atoms with Gasteiger partial charge in [0.25, 0.3) is 5.91 Å². The molecule has 8 heteroatoms. The normalized spacial score (nSPS) is 16.2. The summed E-state index contributed by atoms with van der Waals surface area (Å²) in [5.41, 5.74) is 7.13. The topological polar surface area (TPSA) is 69.6 Å². The molecule has 1 unspecified atom stereocenters. The Labute approximate surface area is 107 Å². The van der Waals surface area contributed by atoms with E-state index in [1.165, 1.54) is 16.9 Å². The van der Waals surface area contributed by atoms with Crippen molar-refractivity contribution in [1.29, 1.82) is 0 Å². The van der Waals surface area contributed by atoms with Crippen molar-refractivity contribution < 1.29 is 4.79 Å². The van der Waals surface area contributed by atoms with E-state index in [4.69, 9.17) is 0 Å². The molecular formula is C9H13N5OS2. The van der Waals surface area contributed by atoms with Crippen molar-refractivity contribution in [1.82, 2.24) is 20.8 Å². The molecule has 92 valence electrons. The van der Waals surface area contributed by atoms with E-state index in [1.54, 1.807) is 22.4 Å². The Hall–Kier alpha value is -1.12. The Morgan fingerprint density at radius 2 is 2.59 bits per heavy atom. The number of nitrogens with one attached hydrogen (secondary N) is 2. The van der Waals surface area contributed by atoms with Gasteiger partial charge in [-0.3, -0.25) is 4.79 Å². The number of hydrogen-bond acceptors (Lipinski definition) is 7. The fraction of sp³-hybridized carbons (Fsp3) is 0.444. The lowest BCUT2D eigenvalue weighted by atomic mass is 10.3. The molecule has 2 N–H and O–H groups in total. The van der Waals surface area contributed by atoms with Gasteiger partial charge in [0.05, 0.1) is 22.8 Å². The Bertz CT molecular complexity index is 394. The quantitative estimate of drug-likeness (QED) is 0.821. The monoisotopic (exact) mass is 271 g/mol. The van der Waals surface area contributed by atoms with Crippen LogP contribution in [0.2, 0.25) is 0 Å². The maximum absolute atomic E-state index is 11.7. The third-order valence-electron chi connectivity index (χ3n) is 2.16. The number of carbonyl (C=O) groups excluding carboxylic acids is 1. The number of hydrogen-bond donors (Lipinski definition) is 2. The number of thioether (sulfide) groups is 1. The van der Waals surface area contributed by atoms with Gasteiger partial charge < -0.3 is 5.32 Å². The number of hydrazine groups is 1. The standard InChI is InChI=1S/C9H13N5OS2/c1-7(10-2-8-3-16-4-11-8)9(15)13-14-6-17-5-12-14/h3-5,7,10H,2,6H2,1H3,(H,13,15). The minimum Gasteiger partial charge on any atom is -0.300 e. The first-order valence-electron chi connectivity index (χ1n) is 5.08. The van der Waals surface area contributed by atoms with Crippen LogP contribution in [0.5, 0.6) is 0 Å². The summed E-state index contributed by atoms with van der Waals surface area (Å²) < 4.78 is 0. The number of amides is 1. The highest BCUT2D eigenvalue weighted by atomic mass is 32.2. The van der Waals surface area contributed by atoms with Crippen LogP contribution in [0.25, 0.3) is 0 Å². The van der Waals surface area contributed by atoms with Crippen LogP contribution in [0.3, 0.4) is 0 Å². The predicted octanol–water partition coefficient (Wildman–Crippen LogP) is 0.602. The lowest BCUT2D eigenvalue weighted by molar-refractivity contribution is -0.127. The van der Waals surface area contributed by atoms with Gasteiger partial charge in [0, 0.05) is 11.9 Å². The SMILES string of the molecule is CC(NCc1cscn1)C(=O)NN1CSC=N1. The average molecular weight is 271 g/mol. The summed E-state index contributed by atoms with van der Waals surface area (Å²) in [6.45, 7) is 2.41. The van der Waals surface area contributed by atoms with E-state index in [9.17, 15) is 4.79 Å². The Kier molecular flexibility index (Phi) is 4.35. The molecule has 1 aliphatic rings. The summed E-state index contributed by atoms with van der Waals surface area (Å²) in [7, 11) is 0. The number of carbonyl (C=O) groups is 1. The fourth-order valence-corrected chi connectivity index (χ4v) is 2.27. The second kappa shape index (κ2) is 5.99. The van der Waals surface area contributed by atoms with Crippen molar-refractivity contribution in [3.8, 4) is 0 Å². The molecule has 1 aromatic heterocycles. The molecule has 0 spiro atoms. The van der Waals surface area contributed by atoms with Gasteiger partial charge in [-0.1, -0.05) is 11.8 Å². The number of rotatable bonds is 5. The van der Waals surface area contributed by atoms with Crippen molar-refractivity contribution in [2.45, 2.75) is 19.5 Å². The molecule has 6 nitrogen and oxygen atoms in total. The van der Waals surface area contributed by atoms with Crippen molar-refractivity contribution >= 4 is 34.6 Å². The largest absolute Gasteiger partial charge is 0.300 e. The van der Waals surface area contributed by atoms with Gasteiger partial charge in [-0.05, 0) is 6.92 Å². The van der Waals surface area contributed by atoms with E-state index >= 15 is 0 Å². The summed E-state index contributed by atoms with van der Waals surface area (Å²) in [5, 5.41) is 10.6. The summed E-state index contributed by atoms with van der Waals surface area (Å²) >= 11 is 3.08. The molecule has 17 heavy (non-hydrogen) atoms. The first-order valence-corrected chi connectivity index (χ1v) is 7.07. The van der Waals surface area contributed by atoms with E-state index < -0.39 is 0 Å². The average Bonchev–Trinajstić information content (AvgIpc) is 2.98.